The zero-order chi connectivity index (χ0) is 17.0. The summed E-state index contributed by atoms with van der Waals surface area (Å²) < 4.78 is 0. The van der Waals surface area contributed by atoms with Gasteiger partial charge in [-0.15, -0.1) is 11.3 Å². The molecule has 122 valence electrons. The lowest BCUT2D eigenvalue weighted by Crippen LogP contribution is -2.30. The highest BCUT2D eigenvalue weighted by molar-refractivity contribution is 7.11. The van der Waals surface area contributed by atoms with Gasteiger partial charge in [-0.25, -0.2) is 9.78 Å². The number of benzene rings is 1. The van der Waals surface area contributed by atoms with E-state index in [4.69, 9.17) is 0 Å². The quantitative estimate of drug-likeness (QED) is 0.647. The molecule has 7 nitrogen and oxygen atoms in total. The first-order chi connectivity index (χ1) is 10.9. The number of carbonyl (C=O) groups is 1. The maximum Gasteiger partial charge on any atom is 0.319 e. The van der Waals surface area contributed by atoms with Gasteiger partial charge in [0.2, 0.25) is 0 Å². The Morgan fingerprint density at radius 3 is 2.65 bits per heavy atom. The molecular formula is C15H18N4O3S. The molecule has 2 amide bonds. The Morgan fingerprint density at radius 2 is 2.09 bits per heavy atom. The van der Waals surface area contributed by atoms with E-state index in [0.717, 1.165) is 10.7 Å². The van der Waals surface area contributed by atoms with Gasteiger partial charge in [0.25, 0.3) is 5.69 Å². The van der Waals surface area contributed by atoms with Crippen molar-refractivity contribution in [3.8, 4) is 0 Å². The average Bonchev–Trinajstić information content (AvgIpc) is 2.79. The van der Waals surface area contributed by atoms with Crippen LogP contribution in [0.3, 0.4) is 0 Å². The van der Waals surface area contributed by atoms with Crippen LogP contribution in [0.2, 0.25) is 0 Å². The number of carbonyl (C=O) groups excluding carboxylic acids is 1. The van der Waals surface area contributed by atoms with Crippen molar-refractivity contribution in [3.63, 3.8) is 0 Å². The summed E-state index contributed by atoms with van der Waals surface area (Å²) in [7, 11) is 0. The molecule has 2 rings (SSSR count). The van der Waals surface area contributed by atoms with E-state index in [0.29, 0.717) is 24.2 Å². The Balaban J connectivity index is 1.86. The number of thiazole rings is 1. The van der Waals surface area contributed by atoms with Crippen LogP contribution in [-0.4, -0.2) is 22.5 Å². The highest BCUT2D eigenvalue weighted by Gasteiger charge is 2.10. The number of aryl methyl sites for hydroxylation is 3. The third-order valence-corrected chi connectivity index (χ3v) is 4.50. The number of hydrogen-bond donors (Lipinski definition) is 2. The third-order valence-electron chi connectivity index (χ3n) is 3.37. The fraction of sp³-hybridized carbons (Fsp3) is 0.333. The predicted molar refractivity (Wildman–Crippen MR) is 90.1 cm³/mol. The molecule has 0 bridgehead atoms. The summed E-state index contributed by atoms with van der Waals surface area (Å²) in [5.41, 5.74) is 2.22. The zero-order valence-corrected chi connectivity index (χ0v) is 14.0. The first kappa shape index (κ1) is 16.9. The van der Waals surface area contributed by atoms with Crippen molar-refractivity contribution >= 4 is 28.7 Å². The number of aromatic nitrogens is 1. The molecule has 0 atom stereocenters. The maximum absolute atomic E-state index is 11.9. The molecule has 0 aliphatic carbocycles. The van der Waals surface area contributed by atoms with Crippen LogP contribution >= 0.6 is 11.3 Å². The van der Waals surface area contributed by atoms with Gasteiger partial charge in [0.15, 0.2) is 0 Å². The van der Waals surface area contributed by atoms with Crippen LogP contribution in [0, 0.1) is 30.9 Å². The lowest BCUT2D eigenvalue weighted by molar-refractivity contribution is -0.384. The summed E-state index contributed by atoms with van der Waals surface area (Å²) in [5.74, 6) is 0. The monoisotopic (exact) mass is 334 g/mol. The van der Waals surface area contributed by atoms with E-state index in [1.807, 2.05) is 13.8 Å². The van der Waals surface area contributed by atoms with Gasteiger partial charge in [-0.3, -0.25) is 10.1 Å². The lowest BCUT2D eigenvalue weighted by atomic mass is 10.2. The molecule has 0 spiro atoms. The molecule has 0 saturated carbocycles. The second kappa shape index (κ2) is 7.19. The molecular weight excluding hydrogens is 316 g/mol. The second-order valence-electron chi connectivity index (χ2n) is 5.14. The predicted octanol–water partition coefficient (Wildman–Crippen LogP) is 3.34. The number of hydrogen-bond acceptors (Lipinski definition) is 5. The van der Waals surface area contributed by atoms with Crippen LogP contribution in [0.4, 0.5) is 16.2 Å². The van der Waals surface area contributed by atoms with Crippen molar-refractivity contribution in [2.75, 3.05) is 11.9 Å². The minimum atomic E-state index is -0.463. The topological polar surface area (TPSA) is 97.2 Å². The SMILES string of the molecule is Cc1cc([N+](=O)[O-])ccc1NC(=O)NCCc1nc(C)c(C)s1. The van der Waals surface area contributed by atoms with E-state index >= 15 is 0 Å². The van der Waals surface area contributed by atoms with Crippen LogP contribution in [0.15, 0.2) is 18.2 Å². The Labute approximate surface area is 137 Å². The average molecular weight is 334 g/mol. The number of anilines is 1. The van der Waals surface area contributed by atoms with Crippen LogP contribution in [0.1, 0.15) is 21.1 Å². The number of nitro groups is 1. The van der Waals surface area contributed by atoms with Crippen LogP contribution in [0.5, 0.6) is 0 Å². The van der Waals surface area contributed by atoms with Gasteiger partial charge in [-0.05, 0) is 32.4 Å². The summed E-state index contributed by atoms with van der Waals surface area (Å²) in [6.45, 7) is 6.18. The molecule has 0 radical (unpaired) electrons. The normalized spacial score (nSPS) is 10.4. The fourth-order valence-electron chi connectivity index (χ4n) is 2.00. The van der Waals surface area contributed by atoms with E-state index in [1.165, 1.54) is 23.1 Å². The minimum absolute atomic E-state index is 0.00275. The second-order valence-corrected chi connectivity index (χ2v) is 6.42. The van der Waals surface area contributed by atoms with E-state index in [-0.39, 0.29) is 11.7 Å². The minimum Gasteiger partial charge on any atom is -0.337 e. The number of amides is 2. The van der Waals surface area contributed by atoms with Crippen molar-refractivity contribution < 1.29 is 9.72 Å². The molecule has 0 fully saturated rings. The van der Waals surface area contributed by atoms with E-state index in [9.17, 15) is 14.9 Å². The Hall–Kier alpha value is -2.48. The lowest BCUT2D eigenvalue weighted by Gasteiger charge is -2.09. The Kier molecular flexibility index (Phi) is 5.28. The van der Waals surface area contributed by atoms with Gasteiger partial charge >= 0.3 is 6.03 Å². The van der Waals surface area contributed by atoms with Crippen molar-refractivity contribution in [2.24, 2.45) is 0 Å². The van der Waals surface area contributed by atoms with Gasteiger partial charge in [0.05, 0.1) is 15.6 Å². The van der Waals surface area contributed by atoms with E-state index in [1.54, 1.807) is 18.3 Å². The van der Waals surface area contributed by atoms with Crippen LogP contribution in [-0.2, 0) is 6.42 Å². The number of rotatable bonds is 5. The zero-order valence-electron chi connectivity index (χ0n) is 13.2. The van der Waals surface area contributed by atoms with Crippen LogP contribution < -0.4 is 10.6 Å². The molecule has 0 saturated heterocycles. The molecule has 8 heteroatoms. The van der Waals surface area contributed by atoms with Crippen molar-refractivity contribution in [3.05, 3.63) is 49.5 Å². The third kappa shape index (κ3) is 4.49. The Bertz CT molecular complexity index is 723. The molecule has 0 unspecified atom stereocenters. The van der Waals surface area contributed by atoms with Gasteiger partial charge < -0.3 is 10.6 Å². The van der Waals surface area contributed by atoms with Gasteiger partial charge in [0.1, 0.15) is 0 Å². The number of non-ortho nitro benzene ring substituents is 1. The molecule has 2 N–H and O–H groups in total. The maximum atomic E-state index is 11.9. The van der Waals surface area contributed by atoms with Crippen molar-refractivity contribution in [1.29, 1.82) is 0 Å². The van der Waals surface area contributed by atoms with Crippen LogP contribution in [0.25, 0.3) is 0 Å². The summed E-state index contributed by atoms with van der Waals surface area (Å²) in [5, 5.41) is 17.1. The molecule has 0 aliphatic heterocycles. The summed E-state index contributed by atoms with van der Waals surface area (Å²) >= 11 is 1.63. The van der Waals surface area contributed by atoms with E-state index in [2.05, 4.69) is 15.6 Å². The number of nitro benzene ring substituents is 1. The van der Waals surface area contributed by atoms with Crippen molar-refractivity contribution in [2.45, 2.75) is 27.2 Å². The highest BCUT2D eigenvalue weighted by Crippen LogP contribution is 2.21. The molecule has 1 aromatic heterocycles. The Morgan fingerprint density at radius 1 is 1.35 bits per heavy atom. The highest BCUT2D eigenvalue weighted by atomic mass is 32.1. The molecule has 2 aromatic rings. The molecule has 1 aromatic carbocycles. The van der Waals surface area contributed by atoms with E-state index < -0.39 is 4.92 Å². The van der Waals surface area contributed by atoms with Gasteiger partial charge in [0, 0.05) is 35.7 Å². The first-order valence-corrected chi connectivity index (χ1v) is 7.91. The number of nitrogens with one attached hydrogen (secondary N) is 2. The summed E-state index contributed by atoms with van der Waals surface area (Å²) in [6, 6.07) is 3.98. The van der Waals surface area contributed by atoms with Gasteiger partial charge in [-0.1, -0.05) is 0 Å². The fourth-order valence-corrected chi connectivity index (χ4v) is 2.93. The van der Waals surface area contributed by atoms with Crippen molar-refractivity contribution in [1.82, 2.24) is 10.3 Å². The molecule has 1 heterocycles. The smallest absolute Gasteiger partial charge is 0.319 e. The number of urea groups is 1. The largest absolute Gasteiger partial charge is 0.337 e. The summed E-state index contributed by atoms with van der Waals surface area (Å²) in [4.78, 5) is 27.7. The molecule has 0 aliphatic rings. The molecule has 23 heavy (non-hydrogen) atoms. The first-order valence-electron chi connectivity index (χ1n) is 7.09. The number of nitrogens with zero attached hydrogens (tertiary/aromatic N) is 2. The van der Waals surface area contributed by atoms with Gasteiger partial charge in [-0.2, -0.15) is 0 Å². The summed E-state index contributed by atoms with van der Waals surface area (Å²) in [6.07, 6.45) is 0.673. The standard InChI is InChI=1S/C15H18N4O3S/c1-9-8-12(19(21)22)4-5-13(9)18-15(20)16-7-6-14-17-10(2)11(3)23-14/h4-5,8H,6-7H2,1-3H3,(H2,16,18,20).